The van der Waals surface area contributed by atoms with Gasteiger partial charge in [-0.15, -0.1) is 0 Å². The van der Waals surface area contributed by atoms with Gasteiger partial charge in [-0.2, -0.15) is 0 Å². The van der Waals surface area contributed by atoms with Gasteiger partial charge in [-0.05, 0) is 29.9 Å². The molecule has 1 aliphatic heterocycles. The van der Waals surface area contributed by atoms with Gasteiger partial charge in [0.05, 0.1) is 36.0 Å². The van der Waals surface area contributed by atoms with Crippen LogP contribution in [0.15, 0.2) is 42.6 Å². The number of aromatic amines is 1. The number of amides is 1. The van der Waals surface area contributed by atoms with Crippen LogP contribution in [0.5, 0.6) is 0 Å². The number of H-pyrrole nitrogens is 1. The average Bonchev–Trinajstić information content (AvgIpc) is 3.56. The highest BCUT2D eigenvalue weighted by Crippen LogP contribution is 2.46. The van der Waals surface area contributed by atoms with E-state index < -0.39 is 0 Å². The molecule has 3 aliphatic rings. The molecule has 0 unspecified atom stereocenters. The number of ether oxygens (including phenoxy) is 1. The normalized spacial score (nSPS) is 26.4. The lowest BCUT2D eigenvalue weighted by Gasteiger charge is -2.28. The van der Waals surface area contributed by atoms with Crippen LogP contribution in [-0.4, -0.2) is 58.1 Å². The number of rotatable bonds is 6. The predicted octanol–water partition coefficient (Wildman–Crippen LogP) is 3.20. The van der Waals surface area contributed by atoms with Gasteiger partial charge in [-0.3, -0.25) is 9.69 Å². The van der Waals surface area contributed by atoms with E-state index >= 15 is 0 Å². The second kappa shape index (κ2) is 8.69. The summed E-state index contributed by atoms with van der Waals surface area (Å²) in [4.78, 5) is 27.2. The fraction of sp³-hybridized carbons (Fsp3) is 0.400. The zero-order valence-corrected chi connectivity index (χ0v) is 19.5. The Morgan fingerprint density at radius 3 is 2.91 bits per heavy atom. The highest BCUT2D eigenvalue weighted by atomic mass is 35.5. The molecule has 6 rings (SSSR count). The number of hydrogen-bond donors (Lipinski definition) is 3. The Balaban J connectivity index is 1.31. The van der Waals surface area contributed by atoms with E-state index in [1.807, 2.05) is 6.07 Å². The third kappa shape index (κ3) is 3.85. The van der Waals surface area contributed by atoms with Gasteiger partial charge in [-0.25, -0.2) is 9.97 Å². The Kier molecular flexibility index (Phi) is 5.51. The van der Waals surface area contributed by atoms with Gasteiger partial charge < -0.3 is 20.8 Å². The van der Waals surface area contributed by atoms with Gasteiger partial charge in [0.1, 0.15) is 11.3 Å². The number of pyridine rings is 1. The average molecular weight is 479 g/mol. The van der Waals surface area contributed by atoms with Crippen LogP contribution in [0, 0.1) is 17.8 Å². The third-order valence-corrected chi connectivity index (χ3v) is 7.57. The number of carbonyl (C=O) groups is 1. The van der Waals surface area contributed by atoms with Crippen LogP contribution in [-0.2, 0) is 16.1 Å². The number of nitrogens with one attached hydrogen (secondary N) is 2. The largest absolute Gasteiger partial charge is 0.379 e. The monoisotopic (exact) mass is 478 g/mol. The van der Waals surface area contributed by atoms with Crippen LogP contribution in [0.4, 0.5) is 5.69 Å². The number of imidazole rings is 1. The van der Waals surface area contributed by atoms with E-state index in [2.05, 4.69) is 50.5 Å². The molecule has 176 valence electrons. The molecule has 1 amide bonds. The van der Waals surface area contributed by atoms with E-state index in [0.717, 1.165) is 56.2 Å². The quantitative estimate of drug-likeness (QED) is 0.469. The van der Waals surface area contributed by atoms with Crippen LogP contribution in [0.2, 0.25) is 5.02 Å². The number of primary amides is 1. The Bertz CT molecular complexity index is 1270. The summed E-state index contributed by atoms with van der Waals surface area (Å²) in [5, 5.41) is 4.02. The molecule has 2 bridgehead atoms. The highest BCUT2D eigenvalue weighted by molar-refractivity contribution is 6.34. The van der Waals surface area contributed by atoms with Crippen molar-refractivity contribution in [2.75, 3.05) is 31.6 Å². The maximum atomic E-state index is 12.2. The summed E-state index contributed by atoms with van der Waals surface area (Å²) in [5.41, 5.74) is 9.99. The van der Waals surface area contributed by atoms with E-state index in [9.17, 15) is 4.79 Å². The van der Waals surface area contributed by atoms with Crippen molar-refractivity contribution in [3.8, 4) is 11.4 Å². The zero-order valence-electron chi connectivity index (χ0n) is 18.7. The second-order valence-corrected chi connectivity index (χ2v) is 9.81. The number of morpholine rings is 1. The van der Waals surface area contributed by atoms with Gasteiger partial charge in [0, 0.05) is 31.2 Å². The molecule has 9 heteroatoms. The molecule has 2 aliphatic carbocycles. The van der Waals surface area contributed by atoms with Crippen molar-refractivity contribution in [2.24, 2.45) is 23.5 Å². The molecule has 2 aromatic heterocycles. The van der Waals surface area contributed by atoms with Crippen molar-refractivity contribution >= 4 is 34.4 Å². The van der Waals surface area contributed by atoms with E-state index in [1.165, 1.54) is 5.56 Å². The lowest BCUT2D eigenvalue weighted by molar-refractivity contribution is -0.122. The van der Waals surface area contributed by atoms with Crippen molar-refractivity contribution in [3.63, 3.8) is 0 Å². The number of nitrogens with two attached hydrogens (primary N) is 1. The van der Waals surface area contributed by atoms with E-state index in [4.69, 9.17) is 27.1 Å². The number of allylic oxidation sites excluding steroid dienone is 1. The number of nitrogens with zero attached hydrogens (tertiary/aromatic N) is 3. The summed E-state index contributed by atoms with van der Waals surface area (Å²) in [6.07, 6.45) is 6.82. The van der Waals surface area contributed by atoms with E-state index in [1.54, 1.807) is 6.20 Å². The molecule has 0 radical (unpaired) electrons. The van der Waals surface area contributed by atoms with Gasteiger partial charge in [0.15, 0.2) is 5.65 Å². The van der Waals surface area contributed by atoms with E-state index in [0.29, 0.717) is 16.4 Å². The molecule has 1 saturated heterocycles. The molecule has 1 saturated carbocycles. The summed E-state index contributed by atoms with van der Waals surface area (Å²) in [7, 11) is 0. The standard InChI is InChI=1S/C25H27ClN6O2/c26-18-12-28-25-22(21(18)29-20-16-5-4-15(11-16)19(20)23(27)33)30-24(31-25)17-3-1-2-14(10-17)13-32-6-8-34-9-7-32/h1-5,10,12,15-16,19-20H,6-9,11,13H2,(H2,27,33)(H2,28,29,30,31)/t15-,16+,19+,20-/m1/s1. The summed E-state index contributed by atoms with van der Waals surface area (Å²) < 4.78 is 5.46. The van der Waals surface area contributed by atoms with Crippen molar-refractivity contribution in [1.29, 1.82) is 0 Å². The first kappa shape index (κ1) is 21.6. The second-order valence-electron chi connectivity index (χ2n) is 9.40. The molecule has 3 aromatic rings. The SMILES string of the molecule is NC(=O)[C@@H]1[C@H](Nc2c(Cl)cnc3nc(-c4cccc(CN5CCOCC5)c4)[nH]c23)[C@H]2C=C[C@@H]1C2. The Morgan fingerprint density at radius 2 is 2.09 bits per heavy atom. The minimum Gasteiger partial charge on any atom is -0.379 e. The molecule has 0 spiro atoms. The van der Waals surface area contributed by atoms with Crippen molar-refractivity contribution in [3.05, 3.63) is 53.2 Å². The minimum atomic E-state index is -0.279. The zero-order chi connectivity index (χ0) is 23.2. The van der Waals surface area contributed by atoms with Gasteiger partial charge in [-0.1, -0.05) is 42.0 Å². The maximum Gasteiger partial charge on any atom is 0.223 e. The van der Waals surface area contributed by atoms with Gasteiger partial charge in [0.25, 0.3) is 0 Å². The Labute approximate surface area is 202 Å². The molecule has 3 heterocycles. The molecule has 8 nitrogen and oxygen atoms in total. The van der Waals surface area contributed by atoms with Crippen LogP contribution in [0.3, 0.4) is 0 Å². The highest BCUT2D eigenvalue weighted by Gasteiger charge is 2.47. The smallest absolute Gasteiger partial charge is 0.223 e. The fourth-order valence-electron chi connectivity index (χ4n) is 5.62. The maximum absolute atomic E-state index is 12.2. The van der Waals surface area contributed by atoms with Gasteiger partial charge >= 0.3 is 0 Å². The first-order chi connectivity index (χ1) is 16.6. The van der Waals surface area contributed by atoms with E-state index in [-0.39, 0.29) is 29.7 Å². The number of halogens is 1. The molecule has 4 atom stereocenters. The van der Waals surface area contributed by atoms with Crippen molar-refractivity contribution < 1.29 is 9.53 Å². The topological polar surface area (TPSA) is 109 Å². The van der Waals surface area contributed by atoms with Crippen LogP contribution >= 0.6 is 11.6 Å². The third-order valence-electron chi connectivity index (χ3n) is 7.28. The van der Waals surface area contributed by atoms with Crippen LogP contribution < -0.4 is 11.1 Å². The fourth-order valence-corrected chi connectivity index (χ4v) is 5.82. The van der Waals surface area contributed by atoms with Crippen LogP contribution in [0.25, 0.3) is 22.6 Å². The number of anilines is 1. The Morgan fingerprint density at radius 1 is 1.26 bits per heavy atom. The van der Waals surface area contributed by atoms with Gasteiger partial charge in [0.2, 0.25) is 5.91 Å². The molecule has 34 heavy (non-hydrogen) atoms. The lowest BCUT2D eigenvalue weighted by Crippen LogP contribution is -2.41. The molecular weight excluding hydrogens is 452 g/mol. The summed E-state index contributed by atoms with van der Waals surface area (Å²) >= 11 is 6.58. The van der Waals surface area contributed by atoms with Crippen molar-refractivity contribution in [1.82, 2.24) is 19.9 Å². The first-order valence-electron chi connectivity index (χ1n) is 11.7. The summed E-state index contributed by atoms with van der Waals surface area (Å²) in [6.45, 7) is 4.31. The number of hydrogen-bond acceptors (Lipinski definition) is 6. The first-order valence-corrected chi connectivity index (χ1v) is 12.1. The minimum absolute atomic E-state index is 0.0980. The van der Waals surface area contributed by atoms with Crippen LogP contribution in [0.1, 0.15) is 12.0 Å². The molecular formula is C25H27ClN6O2. The predicted molar refractivity (Wildman–Crippen MR) is 131 cm³/mol. The summed E-state index contributed by atoms with van der Waals surface area (Å²) in [5.74, 6) is 0.631. The van der Waals surface area contributed by atoms with Crippen molar-refractivity contribution in [2.45, 2.75) is 19.0 Å². The Hall–Kier alpha value is -2.94. The number of aromatic nitrogens is 3. The molecule has 4 N–H and O–H groups in total. The lowest BCUT2D eigenvalue weighted by atomic mass is 9.88. The summed E-state index contributed by atoms with van der Waals surface area (Å²) in [6, 6.07) is 8.29. The number of fused-ring (bicyclic) bond motifs is 3. The molecule has 1 aromatic carbocycles. The molecule has 2 fully saturated rings. The number of carbonyl (C=O) groups excluding carboxylic acids is 1. The number of benzene rings is 1.